The molecule has 1 heterocycles. The number of benzene rings is 2. The number of amides is 1. The van der Waals surface area contributed by atoms with Crippen LogP contribution < -0.4 is 9.64 Å². The number of anilines is 1. The molecule has 1 saturated carbocycles. The first-order valence-corrected chi connectivity index (χ1v) is 12.7. The fourth-order valence-electron chi connectivity index (χ4n) is 5.80. The molecule has 2 atom stereocenters. The molecular formula is C27H33ClFN3O5. The third-order valence-electron chi connectivity index (χ3n) is 7.96. The second-order valence-corrected chi connectivity index (χ2v) is 10.5. The van der Waals surface area contributed by atoms with Crippen LogP contribution in [0.4, 0.5) is 14.9 Å². The fourth-order valence-corrected chi connectivity index (χ4v) is 6.04. The lowest BCUT2D eigenvalue weighted by Gasteiger charge is -2.47. The van der Waals surface area contributed by atoms with E-state index >= 15 is 0 Å². The summed E-state index contributed by atoms with van der Waals surface area (Å²) < 4.78 is 20.7. The van der Waals surface area contributed by atoms with Crippen LogP contribution in [0.3, 0.4) is 0 Å². The predicted octanol–water partition coefficient (Wildman–Crippen LogP) is 4.90. The maximum absolute atomic E-state index is 14.9. The molecule has 2 aromatic carbocycles. The van der Waals surface area contributed by atoms with Gasteiger partial charge in [0.05, 0.1) is 17.3 Å². The molecule has 10 heteroatoms. The van der Waals surface area contributed by atoms with Crippen molar-refractivity contribution in [1.29, 1.82) is 0 Å². The van der Waals surface area contributed by atoms with Gasteiger partial charge >= 0.3 is 12.1 Å². The SMILES string of the molecule is CN(c1cc(O[C@H]2C[C@@H](C(=O)O)N(C(=O)O)C2)cc(F)c1Cl)C1CCC(c2ccccc2)(N(C)C)CC1. The number of ether oxygens (including phenoxy) is 1. The van der Waals surface area contributed by atoms with Crippen molar-refractivity contribution < 1.29 is 28.9 Å². The van der Waals surface area contributed by atoms with E-state index in [2.05, 4.69) is 43.3 Å². The number of nitrogens with zero attached hydrogens (tertiary/aromatic N) is 3. The van der Waals surface area contributed by atoms with Crippen LogP contribution in [0.15, 0.2) is 42.5 Å². The van der Waals surface area contributed by atoms with E-state index in [1.165, 1.54) is 5.56 Å². The van der Waals surface area contributed by atoms with E-state index in [-0.39, 0.29) is 35.3 Å². The van der Waals surface area contributed by atoms with Crippen molar-refractivity contribution >= 4 is 29.4 Å². The Kier molecular flexibility index (Phi) is 7.85. The maximum atomic E-state index is 14.9. The summed E-state index contributed by atoms with van der Waals surface area (Å²) in [6.45, 7) is -0.115. The second-order valence-electron chi connectivity index (χ2n) is 10.1. The highest BCUT2D eigenvalue weighted by Crippen LogP contribution is 2.44. The van der Waals surface area contributed by atoms with Crippen LogP contribution >= 0.6 is 11.6 Å². The summed E-state index contributed by atoms with van der Waals surface area (Å²) in [7, 11) is 6.10. The van der Waals surface area contributed by atoms with Gasteiger partial charge in [-0.3, -0.25) is 9.80 Å². The van der Waals surface area contributed by atoms with Crippen LogP contribution in [-0.4, -0.2) is 78.0 Å². The first kappa shape index (κ1) is 27.0. The molecule has 1 aliphatic heterocycles. The molecule has 0 spiro atoms. The smallest absolute Gasteiger partial charge is 0.408 e. The number of hydrogen-bond acceptors (Lipinski definition) is 5. The lowest BCUT2D eigenvalue weighted by atomic mass is 9.73. The number of carboxylic acid groups (broad SMARTS) is 2. The van der Waals surface area contributed by atoms with Gasteiger partial charge in [0.15, 0.2) is 0 Å². The topological polar surface area (TPSA) is 93.5 Å². The minimum absolute atomic E-state index is 0.00986. The Balaban J connectivity index is 1.50. The molecule has 0 unspecified atom stereocenters. The number of aliphatic carboxylic acids is 1. The Labute approximate surface area is 221 Å². The zero-order valence-electron chi connectivity index (χ0n) is 21.2. The molecule has 2 fully saturated rings. The van der Waals surface area contributed by atoms with E-state index < -0.39 is 30.0 Å². The van der Waals surface area contributed by atoms with Gasteiger partial charge in [-0.25, -0.2) is 14.0 Å². The summed E-state index contributed by atoms with van der Waals surface area (Å²) in [5.74, 6) is -1.70. The van der Waals surface area contributed by atoms with Gasteiger partial charge in [-0.1, -0.05) is 41.9 Å². The predicted molar refractivity (Wildman–Crippen MR) is 139 cm³/mol. The third-order valence-corrected chi connectivity index (χ3v) is 8.33. The van der Waals surface area contributed by atoms with E-state index in [1.807, 2.05) is 18.0 Å². The standard InChI is InChI=1S/C27H33ClFN3O5/c1-30(2)27(17-7-5-4-6-8-17)11-9-18(10-12-27)31(3)22-14-19(13-21(29)24(22)28)37-20-15-23(25(33)34)32(16-20)26(35)36/h4-8,13-14,18,20,23H,9-12,15-16H2,1-3H3,(H,33,34)(H,35,36)/t18?,20-,23-,27?/m0/s1. The largest absolute Gasteiger partial charge is 0.488 e. The van der Waals surface area contributed by atoms with Gasteiger partial charge in [0, 0.05) is 37.2 Å². The first-order chi connectivity index (χ1) is 17.5. The summed E-state index contributed by atoms with van der Waals surface area (Å²) in [5.41, 5.74) is 1.70. The molecule has 1 aliphatic carbocycles. The van der Waals surface area contributed by atoms with Crippen molar-refractivity contribution in [1.82, 2.24) is 9.80 Å². The highest BCUT2D eigenvalue weighted by molar-refractivity contribution is 6.33. The number of carboxylic acids is 1. The highest BCUT2D eigenvalue weighted by atomic mass is 35.5. The summed E-state index contributed by atoms with van der Waals surface area (Å²) in [5, 5.41) is 18.7. The average Bonchev–Trinajstić information content (AvgIpc) is 3.31. The number of rotatable bonds is 7. The normalized spacial score (nSPS) is 25.8. The van der Waals surface area contributed by atoms with Gasteiger partial charge in [-0.15, -0.1) is 0 Å². The summed E-state index contributed by atoms with van der Waals surface area (Å²) in [6.07, 6.45) is 1.55. The molecular weight excluding hydrogens is 501 g/mol. The van der Waals surface area contributed by atoms with Crippen molar-refractivity contribution in [2.45, 2.75) is 55.8 Å². The number of hydrogen-bond donors (Lipinski definition) is 2. The van der Waals surface area contributed by atoms with Crippen molar-refractivity contribution in [2.24, 2.45) is 0 Å². The van der Waals surface area contributed by atoms with Gasteiger partial charge in [0.25, 0.3) is 0 Å². The van der Waals surface area contributed by atoms with Crippen LogP contribution in [0.2, 0.25) is 5.02 Å². The van der Waals surface area contributed by atoms with Crippen LogP contribution in [-0.2, 0) is 10.3 Å². The van der Waals surface area contributed by atoms with Crippen molar-refractivity contribution in [3.63, 3.8) is 0 Å². The molecule has 37 heavy (non-hydrogen) atoms. The molecule has 0 radical (unpaired) electrons. The number of halogens is 2. The van der Waals surface area contributed by atoms with Crippen LogP contribution in [0.5, 0.6) is 5.75 Å². The molecule has 200 valence electrons. The Bertz CT molecular complexity index is 1120. The lowest BCUT2D eigenvalue weighted by Crippen LogP contribution is -2.48. The molecule has 0 aromatic heterocycles. The van der Waals surface area contributed by atoms with Crippen LogP contribution in [0.1, 0.15) is 37.7 Å². The molecule has 2 aliphatic rings. The second kappa shape index (κ2) is 10.8. The third kappa shape index (κ3) is 5.33. The van der Waals surface area contributed by atoms with Gasteiger partial charge in [-0.2, -0.15) is 0 Å². The van der Waals surface area contributed by atoms with Crippen molar-refractivity contribution in [3.05, 3.63) is 58.9 Å². The Morgan fingerprint density at radius 3 is 2.30 bits per heavy atom. The number of carbonyl (C=O) groups is 2. The molecule has 2 aromatic rings. The lowest BCUT2D eigenvalue weighted by molar-refractivity contribution is -0.141. The minimum Gasteiger partial charge on any atom is -0.488 e. The minimum atomic E-state index is -1.33. The molecule has 2 N–H and O–H groups in total. The van der Waals surface area contributed by atoms with Gasteiger partial charge in [-0.05, 0) is 45.3 Å². The molecule has 8 nitrogen and oxygen atoms in total. The monoisotopic (exact) mass is 533 g/mol. The molecule has 1 amide bonds. The van der Waals surface area contributed by atoms with E-state index in [1.54, 1.807) is 6.07 Å². The van der Waals surface area contributed by atoms with Crippen molar-refractivity contribution in [3.8, 4) is 5.75 Å². The van der Waals surface area contributed by atoms with Gasteiger partial charge < -0.3 is 19.8 Å². The molecule has 0 bridgehead atoms. The summed E-state index contributed by atoms with van der Waals surface area (Å²) in [6, 6.07) is 12.2. The molecule has 1 saturated heterocycles. The Hall–Kier alpha value is -3.04. The Morgan fingerprint density at radius 2 is 1.76 bits per heavy atom. The van der Waals surface area contributed by atoms with E-state index in [4.69, 9.17) is 16.3 Å². The van der Waals surface area contributed by atoms with E-state index in [9.17, 15) is 24.2 Å². The summed E-state index contributed by atoms with van der Waals surface area (Å²) in [4.78, 5) is 28.0. The van der Waals surface area contributed by atoms with Gasteiger partial charge in [0.1, 0.15) is 23.7 Å². The number of likely N-dealkylation sites (tertiary alicyclic amines) is 1. The van der Waals surface area contributed by atoms with Gasteiger partial charge in [0.2, 0.25) is 0 Å². The fraction of sp³-hybridized carbons (Fsp3) is 0.481. The Morgan fingerprint density at radius 1 is 1.11 bits per heavy atom. The summed E-state index contributed by atoms with van der Waals surface area (Å²) >= 11 is 6.38. The first-order valence-electron chi connectivity index (χ1n) is 12.4. The maximum Gasteiger partial charge on any atom is 0.408 e. The highest BCUT2D eigenvalue weighted by Gasteiger charge is 2.42. The van der Waals surface area contributed by atoms with E-state index in [0.29, 0.717) is 5.69 Å². The quantitative estimate of drug-likeness (QED) is 0.523. The zero-order chi connectivity index (χ0) is 26.9. The molecule has 4 rings (SSSR count). The van der Waals surface area contributed by atoms with Crippen molar-refractivity contribution in [2.75, 3.05) is 32.6 Å². The van der Waals surface area contributed by atoms with Crippen LogP contribution in [0, 0.1) is 5.82 Å². The average molecular weight is 534 g/mol. The van der Waals surface area contributed by atoms with E-state index in [0.717, 1.165) is 36.6 Å². The zero-order valence-corrected chi connectivity index (χ0v) is 22.0. The van der Waals surface area contributed by atoms with Crippen LogP contribution in [0.25, 0.3) is 0 Å².